The summed E-state index contributed by atoms with van der Waals surface area (Å²) in [7, 11) is 0. The third-order valence-corrected chi connectivity index (χ3v) is 4.27. The van der Waals surface area contributed by atoms with Crippen molar-refractivity contribution >= 4 is 11.5 Å². The smallest absolute Gasteiger partial charge is 0.384 e. The van der Waals surface area contributed by atoms with Crippen molar-refractivity contribution in [1.82, 2.24) is 4.98 Å². The second-order valence-corrected chi connectivity index (χ2v) is 5.83. The van der Waals surface area contributed by atoms with Crippen LogP contribution in [0, 0.1) is 5.92 Å². The van der Waals surface area contributed by atoms with Gasteiger partial charge in [0.05, 0.1) is 11.4 Å². The summed E-state index contributed by atoms with van der Waals surface area (Å²) >= 11 is 0. The first kappa shape index (κ1) is 15.4. The van der Waals surface area contributed by atoms with Gasteiger partial charge in [-0.2, -0.15) is 13.2 Å². The number of rotatable bonds is 3. The molecule has 0 unspecified atom stereocenters. The SMILES string of the molecule is FC(F)(F)[C@H](Nc1ccc2c(n1)CCCN2)C1CCOCC1. The van der Waals surface area contributed by atoms with Crippen LogP contribution in [-0.4, -0.2) is 37.0 Å². The zero-order valence-corrected chi connectivity index (χ0v) is 12.2. The number of pyridine rings is 1. The molecule has 0 spiro atoms. The van der Waals surface area contributed by atoms with E-state index in [1.54, 1.807) is 12.1 Å². The Hall–Kier alpha value is -1.50. The molecule has 0 saturated carbocycles. The second-order valence-electron chi connectivity index (χ2n) is 5.83. The third kappa shape index (κ3) is 3.45. The van der Waals surface area contributed by atoms with Gasteiger partial charge in [-0.05, 0) is 43.7 Å². The molecule has 3 rings (SSSR count). The number of nitrogens with zero attached hydrogens (tertiary/aromatic N) is 1. The summed E-state index contributed by atoms with van der Waals surface area (Å²) in [5, 5.41) is 5.83. The predicted octanol–water partition coefficient (Wildman–Crippen LogP) is 3.21. The monoisotopic (exact) mass is 315 g/mol. The van der Waals surface area contributed by atoms with Gasteiger partial charge in [-0.1, -0.05) is 0 Å². The fourth-order valence-corrected chi connectivity index (χ4v) is 3.09. The van der Waals surface area contributed by atoms with Crippen molar-refractivity contribution in [2.75, 3.05) is 30.4 Å². The number of anilines is 2. The molecule has 1 atom stereocenters. The Morgan fingerprint density at radius 1 is 1.27 bits per heavy atom. The number of alkyl halides is 3. The van der Waals surface area contributed by atoms with Gasteiger partial charge in [-0.3, -0.25) is 0 Å². The maximum Gasteiger partial charge on any atom is 0.408 e. The second kappa shape index (κ2) is 6.32. The molecule has 2 aliphatic heterocycles. The molecular weight excluding hydrogens is 295 g/mol. The first-order valence-corrected chi connectivity index (χ1v) is 7.69. The lowest BCUT2D eigenvalue weighted by Crippen LogP contribution is -2.44. The highest BCUT2D eigenvalue weighted by Gasteiger charge is 2.45. The number of aryl methyl sites for hydroxylation is 1. The zero-order chi connectivity index (χ0) is 15.6. The molecule has 0 aliphatic carbocycles. The molecule has 122 valence electrons. The minimum absolute atomic E-state index is 0.302. The van der Waals surface area contributed by atoms with Gasteiger partial charge in [0.25, 0.3) is 0 Å². The molecule has 0 bridgehead atoms. The topological polar surface area (TPSA) is 46.2 Å². The van der Waals surface area contributed by atoms with Crippen LogP contribution in [0.3, 0.4) is 0 Å². The van der Waals surface area contributed by atoms with Gasteiger partial charge in [0.1, 0.15) is 11.9 Å². The summed E-state index contributed by atoms with van der Waals surface area (Å²) in [5.74, 6) is -0.166. The lowest BCUT2D eigenvalue weighted by atomic mass is 9.91. The van der Waals surface area contributed by atoms with Crippen LogP contribution in [0.5, 0.6) is 0 Å². The van der Waals surface area contributed by atoms with E-state index in [2.05, 4.69) is 15.6 Å². The van der Waals surface area contributed by atoms with Gasteiger partial charge < -0.3 is 15.4 Å². The number of hydrogen-bond acceptors (Lipinski definition) is 4. The van der Waals surface area contributed by atoms with Crippen molar-refractivity contribution in [2.24, 2.45) is 5.92 Å². The van der Waals surface area contributed by atoms with Crippen LogP contribution in [0.25, 0.3) is 0 Å². The van der Waals surface area contributed by atoms with E-state index in [4.69, 9.17) is 4.74 Å². The Morgan fingerprint density at radius 2 is 2.05 bits per heavy atom. The summed E-state index contributed by atoms with van der Waals surface area (Å²) < 4.78 is 45.3. The van der Waals surface area contributed by atoms with Crippen molar-refractivity contribution in [3.63, 3.8) is 0 Å². The first-order chi connectivity index (χ1) is 10.5. The Bertz CT molecular complexity index is 515. The molecule has 1 fully saturated rings. The highest BCUT2D eigenvalue weighted by Crippen LogP contribution is 2.34. The van der Waals surface area contributed by atoms with Crippen molar-refractivity contribution in [1.29, 1.82) is 0 Å². The molecule has 1 aromatic rings. The maximum absolute atomic E-state index is 13.4. The van der Waals surface area contributed by atoms with Crippen molar-refractivity contribution < 1.29 is 17.9 Å². The number of halogens is 3. The summed E-state index contributed by atoms with van der Waals surface area (Å²) in [6, 6.07) is 1.86. The van der Waals surface area contributed by atoms with Crippen LogP contribution in [0.2, 0.25) is 0 Å². The van der Waals surface area contributed by atoms with Gasteiger partial charge in [-0.25, -0.2) is 4.98 Å². The first-order valence-electron chi connectivity index (χ1n) is 7.69. The average Bonchev–Trinajstić information content (AvgIpc) is 2.52. The number of hydrogen-bond donors (Lipinski definition) is 2. The van der Waals surface area contributed by atoms with Crippen LogP contribution in [-0.2, 0) is 11.2 Å². The van der Waals surface area contributed by atoms with Crippen LogP contribution < -0.4 is 10.6 Å². The maximum atomic E-state index is 13.4. The Morgan fingerprint density at radius 3 is 2.77 bits per heavy atom. The fraction of sp³-hybridized carbons (Fsp3) is 0.667. The molecule has 7 heteroatoms. The molecule has 0 aromatic carbocycles. The number of nitrogens with one attached hydrogen (secondary N) is 2. The molecule has 22 heavy (non-hydrogen) atoms. The molecule has 2 N–H and O–H groups in total. The van der Waals surface area contributed by atoms with E-state index in [0.717, 1.165) is 30.8 Å². The number of ether oxygens (including phenoxy) is 1. The minimum atomic E-state index is -4.29. The van der Waals surface area contributed by atoms with Crippen molar-refractivity contribution in [3.05, 3.63) is 17.8 Å². The third-order valence-electron chi connectivity index (χ3n) is 4.27. The van der Waals surface area contributed by atoms with Crippen molar-refractivity contribution in [3.8, 4) is 0 Å². The Balaban J connectivity index is 1.77. The zero-order valence-electron chi connectivity index (χ0n) is 12.2. The molecule has 1 saturated heterocycles. The largest absolute Gasteiger partial charge is 0.408 e. The summed E-state index contributed by atoms with van der Waals surface area (Å²) in [6.07, 6.45) is -1.71. The van der Waals surface area contributed by atoms with E-state index in [1.165, 1.54) is 0 Å². The molecule has 4 nitrogen and oxygen atoms in total. The number of fused-ring (bicyclic) bond motifs is 1. The van der Waals surface area contributed by atoms with E-state index in [1.807, 2.05) is 0 Å². The van der Waals surface area contributed by atoms with E-state index >= 15 is 0 Å². The van der Waals surface area contributed by atoms with Crippen LogP contribution >= 0.6 is 0 Å². The van der Waals surface area contributed by atoms with Gasteiger partial charge in [0, 0.05) is 19.8 Å². The van der Waals surface area contributed by atoms with Gasteiger partial charge >= 0.3 is 6.18 Å². The standard InChI is InChI=1S/C15H20F3N3O/c16-15(17,18)14(10-5-8-22-9-6-10)21-13-4-3-11-12(20-13)2-1-7-19-11/h3-4,10,14,19H,1-2,5-9H2,(H,20,21)/t14-/m1/s1. The molecule has 0 amide bonds. The quantitative estimate of drug-likeness (QED) is 0.899. The lowest BCUT2D eigenvalue weighted by molar-refractivity contribution is -0.159. The normalized spacial score (nSPS) is 20.9. The van der Waals surface area contributed by atoms with Gasteiger partial charge in [0.2, 0.25) is 0 Å². The van der Waals surface area contributed by atoms with E-state index in [9.17, 15) is 13.2 Å². The molecule has 1 aromatic heterocycles. The van der Waals surface area contributed by atoms with Crippen molar-refractivity contribution in [2.45, 2.75) is 37.9 Å². The summed E-state index contributed by atoms with van der Waals surface area (Å²) in [6.45, 7) is 1.66. The Kier molecular flexibility index (Phi) is 4.42. The van der Waals surface area contributed by atoms with Crippen LogP contribution in [0.15, 0.2) is 12.1 Å². The van der Waals surface area contributed by atoms with E-state index in [0.29, 0.717) is 31.9 Å². The van der Waals surface area contributed by atoms with Crippen LogP contribution in [0.1, 0.15) is 25.0 Å². The van der Waals surface area contributed by atoms with Gasteiger partial charge in [0.15, 0.2) is 0 Å². The summed E-state index contributed by atoms with van der Waals surface area (Å²) in [5.41, 5.74) is 1.76. The predicted molar refractivity (Wildman–Crippen MR) is 78.1 cm³/mol. The van der Waals surface area contributed by atoms with E-state index < -0.39 is 18.1 Å². The van der Waals surface area contributed by atoms with Crippen LogP contribution in [0.4, 0.5) is 24.7 Å². The lowest BCUT2D eigenvalue weighted by Gasteiger charge is -2.32. The Labute approximate surface area is 127 Å². The van der Waals surface area contributed by atoms with Gasteiger partial charge in [-0.15, -0.1) is 0 Å². The highest BCUT2D eigenvalue weighted by molar-refractivity contribution is 5.54. The minimum Gasteiger partial charge on any atom is -0.384 e. The number of aromatic nitrogens is 1. The van der Waals surface area contributed by atoms with E-state index in [-0.39, 0.29) is 0 Å². The molecular formula is C15H20F3N3O. The summed E-state index contributed by atoms with van der Waals surface area (Å²) in [4.78, 5) is 4.36. The average molecular weight is 315 g/mol. The molecule has 0 radical (unpaired) electrons. The fourth-order valence-electron chi connectivity index (χ4n) is 3.09. The highest BCUT2D eigenvalue weighted by atomic mass is 19.4. The molecule has 3 heterocycles. The molecule has 2 aliphatic rings.